The van der Waals surface area contributed by atoms with Crippen LogP contribution in [0, 0.1) is 0 Å². The van der Waals surface area contributed by atoms with E-state index < -0.39 is 0 Å². The van der Waals surface area contributed by atoms with Crippen molar-refractivity contribution in [2.45, 2.75) is 64.3 Å². The van der Waals surface area contributed by atoms with Gasteiger partial charge in [-0.3, -0.25) is 4.90 Å². The Labute approximate surface area is 108 Å². The maximum absolute atomic E-state index is 9.83. The first-order valence-electron chi connectivity index (χ1n) is 7.02. The Kier molecular flexibility index (Phi) is 3.11. The van der Waals surface area contributed by atoms with Crippen LogP contribution < -0.4 is 0 Å². The molecular formula is C13H22N4O. The molecule has 0 saturated carbocycles. The molecular weight excluding hydrogens is 228 g/mol. The van der Waals surface area contributed by atoms with Crippen LogP contribution in [0.4, 0.5) is 0 Å². The van der Waals surface area contributed by atoms with E-state index in [2.05, 4.69) is 33.5 Å². The van der Waals surface area contributed by atoms with E-state index >= 15 is 0 Å². The fourth-order valence-electron chi connectivity index (χ4n) is 3.26. The summed E-state index contributed by atoms with van der Waals surface area (Å²) in [6, 6.07) is 0.926. The minimum Gasteiger partial charge on any atom is -0.391 e. The second kappa shape index (κ2) is 4.63. The summed E-state index contributed by atoms with van der Waals surface area (Å²) < 4.78 is 2.15. The highest BCUT2D eigenvalue weighted by Crippen LogP contribution is 2.33. The SMILES string of the molecule is CC(C)N1CCCC1c1nnc2n1CC(O)CC2. The Morgan fingerprint density at radius 1 is 1.28 bits per heavy atom. The van der Waals surface area contributed by atoms with Crippen molar-refractivity contribution in [3.63, 3.8) is 0 Å². The molecule has 0 spiro atoms. The molecule has 2 aliphatic rings. The lowest BCUT2D eigenvalue weighted by Crippen LogP contribution is -2.33. The summed E-state index contributed by atoms with van der Waals surface area (Å²) in [5, 5.41) is 18.5. The molecule has 5 heteroatoms. The lowest BCUT2D eigenvalue weighted by molar-refractivity contribution is 0.123. The minimum atomic E-state index is -0.235. The Hall–Kier alpha value is -0.940. The number of likely N-dealkylation sites (tertiary alicyclic amines) is 1. The van der Waals surface area contributed by atoms with Crippen LogP contribution in [-0.2, 0) is 13.0 Å². The minimum absolute atomic E-state index is 0.235. The third kappa shape index (κ3) is 1.95. The van der Waals surface area contributed by atoms with Crippen molar-refractivity contribution in [3.05, 3.63) is 11.6 Å². The molecule has 2 unspecified atom stereocenters. The number of nitrogens with zero attached hydrogens (tertiary/aromatic N) is 4. The summed E-state index contributed by atoms with van der Waals surface area (Å²) in [6.45, 7) is 6.29. The molecule has 1 aromatic heterocycles. The standard InChI is InChI=1S/C13H22N4O/c1-9(2)16-7-3-4-11(16)13-15-14-12-6-5-10(18)8-17(12)13/h9-11,18H,3-8H2,1-2H3. The molecule has 1 fully saturated rings. The second-order valence-corrected chi connectivity index (χ2v) is 5.77. The number of aliphatic hydroxyl groups is 1. The van der Waals surface area contributed by atoms with Crippen molar-refractivity contribution >= 4 is 0 Å². The van der Waals surface area contributed by atoms with Crippen LogP contribution in [-0.4, -0.2) is 43.5 Å². The van der Waals surface area contributed by atoms with Gasteiger partial charge in [-0.25, -0.2) is 0 Å². The molecule has 2 atom stereocenters. The lowest BCUT2D eigenvalue weighted by atomic mass is 10.1. The predicted octanol–water partition coefficient (Wildman–Crippen LogP) is 1.13. The Morgan fingerprint density at radius 2 is 2.11 bits per heavy atom. The summed E-state index contributed by atoms with van der Waals surface area (Å²) >= 11 is 0. The number of rotatable bonds is 2. The van der Waals surface area contributed by atoms with Crippen molar-refractivity contribution in [3.8, 4) is 0 Å². The molecule has 2 aliphatic heterocycles. The molecule has 0 aromatic carbocycles. The van der Waals surface area contributed by atoms with Crippen LogP contribution >= 0.6 is 0 Å². The van der Waals surface area contributed by atoms with E-state index in [0.29, 0.717) is 18.6 Å². The lowest BCUT2D eigenvalue weighted by Gasteiger charge is -2.29. The maximum Gasteiger partial charge on any atom is 0.150 e. The Bertz CT molecular complexity index is 429. The van der Waals surface area contributed by atoms with Gasteiger partial charge in [0.1, 0.15) is 5.82 Å². The van der Waals surface area contributed by atoms with Crippen LogP contribution in [0.1, 0.15) is 50.8 Å². The van der Waals surface area contributed by atoms with Gasteiger partial charge in [-0.05, 0) is 39.7 Å². The first-order chi connectivity index (χ1) is 8.66. The van der Waals surface area contributed by atoms with Crippen LogP contribution in [0.5, 0.6) is 0 Å². The number of aliphatic hydroxyl groups excluding tert-OH is 1. The van der Waals surface area contributed by atoms with Crippen LogP contribution in [0.15, 0.2) is 0 Å². The van der Waals surface area contributed by atoms with E-state index in [1.807, 2.05) is 0 Å². The van der Waals surface area contributed by atoms with Crippen molar-refractivity contribution in [2.75, 3.05) is 6.54 Å². The number of hydrogen-bond donors (Lipinski definition) is 1. The van der Waals surface area contributed by atoms with Gasteiger partial charge < -0.3 is 9.67 Å². The van der Waals surface area contributed by atoms with E-state index in [0.717, 1.165) is 37.5 Å². The third-order valence-electron chi connectivity index (χ3n) is 4.21. The smallest absolute Gasteiger partial charge is 0.150 e. The molecule has 3 rings (SSSR count). The van der Waals surface area contributed by atoms with Gasteiger partial charge in [-0.1, -0.05) is 0 Å². The maximum atomic E-state index is 9.83. The zero-order chi connectivity index (χ0) is 12.7. The Morgan fingerprint density at radius 3 is 2.89 bits per heavy atom. The third-order valence-corrected chi connectivity index (χ3v) is 4.21. The summed E-state index contributed by atoms with van der Waals surface area (Å²) in [5.74, 6) is 2.11. The average molecular weight is 250 g/mol. The van der Waals surface area contributed by atoms with Gasteiger partial charge >= 0.3 is 0 Å². The van der Waals surface area contributed by atoms with Crippen molar-refractivity contribution in [1.82, 2.24) is 19.7 Å². The second-order valence-electron chi connectivity index (χ2n) is 5.77. The highest BCUT2D eigenvalue weighted by molar-refractivity contribution is 5.07. The summed E-state index contributed by atoms with van der Waals surface area (Å²) in [4.78, 5) is 2.50. The normalized spacial score (nSPS) is 28.9. The largest absolute Gasteiger partial charge is 0.391 e. The van der Waals surface area contributed by atoms with E-state index in [1.54, 1.807) is 0 Å². The zero-order valence-corrected chi connectivity index (χ0v) is 11.2. The molecule has 1 saturated heterocycles. The monoisotopic (exact) mass is 250 g/mol. The van der Waals surface area contributed by atoms with Gasteiger partial charge in [0, 0.05) is 12.5 Å². The summed E-state index contributed by atoms with van der Waals surface area (Å²) in [5.41, 5.74) is 0. The van der Waals surface area contributed by atoms with Gasteiger partial charge in [0.25, 0.3) is 0 Å². The molecule has 100 valence electrons. The molecule has 1 aromatic rings. The highest BCUT2D eigenvalue weighted by Gasteiger charge is 2.33. The predicted molar refractivity (Wildman–Crippen MR) is 68.2 cm³/mol. The van der Waals surface area contributed by atoms with E-state index in [1.165, 1.54) is 6.42 Å². The number of hydrogen-bond acceptors (Lipinski definition) is 4. The van der Waals surface area contributed by atoms with Crippen LogP contribution in [0.25, 0.3) is 0 Å². The number of aromatic nitrogens is 3. The average Bonchev–Trinajstić information content (AvgIpc) is 2.92. The molecule has 18 heavy (non-hydrogen) atoms. The first-order valence-corrected chi connectivity index (χ1v) is 7.02. The topological polar surface area (TPSA) is 54.2 Å². The molecule has 3 heterocycles. The Balaban J connectivity index is 1.90. The van der Waals surface area contributed by atoms with E-state index in [4.69, 9.17) is 0 Å². The van der Waals surface area contributed by atoms with Gasteiger partial charge in [0.15, 0.2) is 5.82 Å². The fraction of sp³-hybridized carbons (Fsp3) is 0.846. The summed E-state index contributed by atoms with van der Waals surface area (Å²) in [7, 11) is 0. The fourth-order valence-corrected chi connectivity index (χ4v) is 3.26. The molecule has 0 radical (unpaired) electrons. The highest BCUT2D eigenvalue weighted by atomic mass is 16.3. The van der Waals surface area contributed by atoms with E-state index in [-0.39, 0.29) is 6.10 Å². The van der Waals surface area contributed by atoms with E-state index in [9.17, 15) is 5.11 Å². The molecule has 0 amide bonds. The number of fused-ring (bicyclic) bond motifs is 1. The van der Waals surface area contributed by atoms with Crippen molar-refractivity contribution in [1.29, 1.82) is 0 Å². The van der Waals surface area contributed by atoms with Gasteiger partial charge in [-0.2, -0.15) is 0 Å². The van der Waals surface area contributed by atoms with Crippen LogP contribution in [0.2, 0.25) is 0 Å². The van der Waals surface area contributed by atoms with Crippen molar-refractivity contribution in [2.24, 2.45) is 0 Å². The molecule has 5 nitrogen and oxygen atoms in total. The molecule has 1 N–H and O–H groups in total. The van der Waals surface area contributed by atoms with Gasteiger partial charge in [-0.15, -0.1) is 10.2 Å². The van der Waals surface area contributed by atoms with Gasteiger partial charge in [0.2, 0.25) is 0 Å². The molecule has 0 aliphatic carbocycles. The number of aryl methyl sites for hydroxylation is 1. The van der Waals surface area contributed by atoms with Crippen LogP contribution in [0.3, 0.4) is 0 Å². The summed E-state index contributed by atoms with van der Waals surface area (Å²) in [6.07, 6.45) is 3.82. The molecule has 0 bridgehead atoms. The van der Waals surface area contributed by atoms with Gasteiger partial charge in [0.05, 0.1) is 18.7 Å². The van der Waals surface area contributed by atoms with Crippen molar-refractivity contribution < 1.29 is 5.11 Å². The first kappa shape index (κ1) is 12.1. The zero-order valence-electron chi connectivity index (χ0n) is 11.2. The quantitative estimate of drug-likeness (QED) is 0.855.